The van der Waals surface area contributed by atoms with Crippen LogP contribution in [0.5, 0.6) is 5.75 Å². The first-order valence-electron chi connectivity index (χ1n) is 8.41. The van der Waals surface area contributed by atoms with Crippen LogP contribution < -0.4 is 15.7 Å². The molecule has 0 fully saturated rings. The monoisotopic (exact) mass is 429 g/mol. The predicted molar refractivity (Wildman–Crippen MR) is 109 cm³/mol. The Labute approximate surface area is 174 Å². The van der Waals surface area contributed by atoms with Crippen molar-refractivity contribution in [3.8, 4) is 11.4 Å². The molecule has 146 valence electrons. The molecule has 4 aromatic rings. The van der Waals surface area contributed by atoms with Gasteiger partial charge in [0, 0.05) is 10.0 Å². The highest BCUT2D eigenvalue weighted by Crippen LogP contribution is 2.17. The molecule has 4 rings (SSSR count). The summed E-state index contributed by atoms with van der Waals surface area (Å²) in [6, 6.07) is 13.6. The number of carbonyl (C=O) groups excluding carboxylic acids is 1. The number of nitrogens with zero attached hydrogens (tertiary/aromatic N) is 4. The van der Waals surface area contributed by atoms with Crippen molar-refractivity contribution in [2.45, 2.75) is 0 Å². The Morgan fingerprint density at radius 1 is 1.10 bits per heavy atom. The lowest BCUT2D eigenvalue weighted by Crippen LogP contribution is -2.35. The minimum atomic E-state index is -0.523. The van der Waals surface area contributed by atoms with Crippen LogP contribution in [-0.2, 0) is 4.79 Å². The van der Waals surface area contributed by atoms with E-state index in [-0.39, 0.29) is 12.0 Å². The van der Waals surface area contributed by atoms with E-state index in [2.05, 4.69) is 15.5 Å². The summed E-state index contributed by atoms with van der Waals surface area (Å²) in [6.45, 7) is -0.284. The number of ether oxygens (including phenoxy) is 1. The third-order valence-electron chi connectivity index (χ3n) is 3.97. The first-order valence-corrected chi connectivity index (χ1v) is 9.16. The third-order valence-corrected chi connectivity index (χ3v) is 4.46. The highest BCUT2D eigenvalue weighted by molar-refractivity contribution is 6.31. The van der Waals surface area contributed by atoms with E-state index in [1.165, 1.54) is 17.2 Å². The molecule has 2 aromatic carbocycles. The Bertz CT molecular complexity index is 1250. The highest BCUT2D eigenvalue weighted by Gasteiger charge is 2.13. The summed E-state index contributed by atoms with van der Waals surface area (Å²) in [6.07, 6.45) is 2.60. The number of nitrogens with one attached hydrogen (secondary N) is 1. The lowest BCUT2D eigenvalue weighted by atomic mass is 10.3. The molecule has 8 nitrogen and oxygen atoms in total. The summed E-state index contributed by atoms with van der Waals surface area (Å²) in [5.74, 6) is -0.0429. The molecule has 0 bridgehead atoms. The molecule has 0 saturated heterocycles. The van der Waals surface area contributed by atoms with Gasteiger partial charge < -0.3 is 4.74 Å². The smallest absolute Gasteiger partial charge is 0.283 e. The summed E-state index contributed by atoms with van der Waals surface area (Å²) in [5, 5.41) is 5.54. The maximum absolute atomic E-state index is 12.7. The fourth-order valence-electron chi connectivity index (χ4n) is 2.63. The van der Waals surface area contributed by atoms with Crippen LogP contribution in [0, 0.1) is 0 Å². The number of benzene rings is 2. The number of hydrogen-bond donors (Lipinski definition) is 1. The van der Waals surface area contributed by atoms with E-state index in [0.717, 1.165) is 4.68 Å². The Hall–Kier alpha value is -3.36. The zero-order valence-corrected chi connectivity index (χ0v) is 16.3. The van der Waals surface area contributed by atoms with Gasteiger partial charge in [0.15, 0.2) is 12.3 Å². The number of rotatable bonds is 5. The molecule has 10 heteroatoms. The van der Waals surface area contributed by atoms with Crippen molar-refractivity contribution >= 4 is 40.1 Å². The molecule has 1 N–H and O–H groups in total. The maximum atomic E-state index is 12.7. The molecule has 0 saturated carbocycles. The Morgan fingerprint density at radius 2 is 1.90 bits per heavy atom. The van der Waals surface area contributed by atoms with Crippen molar-refractivity contribution in [2.24, 2.45) is 0 Å². The fourth-order valence-corrected chi connectivity index (χ4v) is 2.95. The maximum Gasteiger partial charge on any atom is 0.283 e. The average Bonchev–Trinajstić information content (AvgIpc) is 3.15. The van der Waals surface area contributed by atoms with Crippen LogP contribution in [0.25, 0.3) is 16.7 Å². The van der Waals surface area contributed by atoms with Crippen LogP contribution in [0.3, 0.4) is 0 Å². The van der Waals surface area contributed by atoms with Gasteiger partial charge in [-0.25, -0.2) is 14.3 Å². The lowest BCUT2D eigenvalue weighted by molar-refractivity contribution is -0.119. The van der Waals surface area contributed by atoms with Gasteiger partial charge in [0.05, 0.1) is 11.9 Å². The number of aromatic nitrogens is 4. The van der Waals surface area contributed by atoms with Crippen molar-refractivity contribution in [2.75, 3.05) is 12.0 Å². The summed E-state index contributed by atoms with van der Waals surface area (Å²) in [4.78, 5) is 29.0. The van der Waals surface area contributed by atoms with Crippen LogP contribution in [0.2, 0.25) is 10.0 Å². The molecule has 0 aliphatic heterocycles. The molecular weight excluding hydrogens is 417 g/mol. The van der Waals surface area contributed by atoms with E-state index >= 15 is 0 Å². The number of amides is 1. The largest absolute Gasteiger partial charge is 0.484 e. The van der Waals surface area contributed by atoms with Gasteiger partial charge in [0.25, 0.3) is 11.5 Å². The van der Waals surface area contributed by atoms with E-state index in [4.69, 9.17) is 27.9 Å². The summed E-state index contributed by atoms with van der Waals surface area (Å²) in [7, 11) is 0. The first kappa shape index (κ1) is 19.0. The second-order valence-corrected chi connectivity index (χ2v) is 6.84. The molecule has 2 aromatic heterocycles. The predicted octanol–water partition coefficient (Wildman–Crippen LogP) is 3.04. The van der Waals surface area contributed by atoms with Gasteiger partial charge in [-0.2, -0.15) is 5.10 Å². The van der Waals surface area contributed by atoms with Gasteiger partial charge in [-0.05, 0) is 42.5 Å². The number of fused-ring (bicyclic) bond motifs is 1. The molecule has 29 heavy (non-hydrogen) atoms. The molecule has 0 radical (unpaired) electrons. The molecule has 0 aliphatic carbocycles. The number of hydrogen-bond acceptors (Lipinski definition) is 5. The molecule has 0 unspecified atom stereocenters. The minimum absolute atomic E-state index is 0.242. The molecule has 1 amide bonds. The zero-order chi connectivity index (χ0) is 20.4. The van der Waals surface area contributed by atoms with E-state index in [1.54, 1.807) is 48.5 Å². The van der Waals surface area contributed by atoms with Gasteiger partial charge in [-0.3, -0.25) is 15.0 Å². The number of halogens is 2. The Balaban J connectivity index is 1.53. The standard InChI is InChI=1S/C19H13Cl2N5O3/c20-12-4-6-15(7-5-12)29-10-17(27)24-25-11-22-18-16(19(25)28)9-23-26(18)14-3-1-2-13(21)8-14/h1-9,11H,10H2,(H,24,27). The van der Waals surface area contributed by atoms with Gasteiger partial charge in [-0.1, -0.05) is 29.3 Å². The van der Waals surface area contributed by atoms with Crippen molar-refractivity contribution in [3.05, 3.63) is 81.5 Å². The average molecular weight is 430 g/mol. The van der Waals surface area contributed by atoms with Crippen molar-refractivity contribution in [1.29, 1.82) is 0 Å². The molecular formula is C19H13Cl2N5O3. The van der Waals surface area contributed by atoms with Crippen LogP contribution in [0.1, 0.15) is 0 Å². The van der Waals surface area contributed by atoms with E-state index in [0.29, 0.717) is 27.1 Å². The Kier molecular flexibility index (Phi) is 5.20. The number of carbonyl (C=O) groups is 1. The van der Waals surface area contributed by atoms with E-state index in [1.807, 2.05) is 0 Å². The Morgan fingerprint density at radius 3 is 2.66 bits per heavy atom. The lowest BCUT2D eigenvalue weighted by Gasteiger charge is -2.09. The van der Waals surface area contributed by atoms with Crippen molar-refractivity contribution in [3.63, 3.8) is 0 Å². The van der Waals surface area contributed by atoms with Crippen LogP contribution in [0.4, 0.5) is 0 Å². The SMILES string of the molecule is O=C(COc1ccc(Cl)cc1)Nn1cnc2c(cnn2-c2cccc(Cl)c2)c1=O. The topological polar surface area (TPSA) is 91.0 Å². The molecule has 0 aliphatic rings. The molecule has 0 spiro atoms. The van der Waals surface area contributed by atoms with Crippen molar-refractivity contribution in [1.82, 2.24) is 19.4 Å². The van der Waals surface area contributed by atoms with E-state index in [9.17, 15) is 9.59 Å². The van der Waals surface area contributed by atoms with Crippen LogP contribution >= 0.6 is 23.2 Å². The third kappa shape index (κ3) is 4.08. The first-order chi connectivity index (χ1) is 14.0. The normalized spacial score (nSPS) is 10.8. The molecule has 0 atom stereocenters. The minimum Gasteiger partial charge on any atom is -0.484 e. The second kappa shape index (κ2) is 7.94. The van der Waals surface area contributed by atoms with Gasteiger partial charge in [-0.15, -0.1) is 0 Å². The summed E-state index contributed by atoms with van der Waals surface area (Å²) >= 11 is 11.8. The van der Waals surface area contributed by atoms with Crippen LogP contribution in [0.15, 0.2) is 65.8 Å². The van der Waals surface area contributed by atoms with Gasteiger partial charge in [0.2, 0.25) is 0 Å². The second-order valence-electron chi connectivity index (χ2n) is 5.97. The molecule has 2 heterocycles. The highest BCUT2D eigenvalue weighted by atomic mass is 35.5. The van der Waals surface area contributed by atoms with Crippen LogP contribution in [-0.4, -0.2) is 32.0 Å². The van der Waals surface area contributed by atoms with Gasteiger partial charge >= 0.3 is 0 Å². The van der Waals surface area contributed by atoms with Gasteiger partial charge in [0.1, 0.15) is 17.5 Å². The van der Waals surface area contributed by atoms with Crippen molar-refractivity contribution < 1.29 is 9.53 Å². The van der Waals surface area contributed by atoms with E-state index < -0.39 is 11.5 Å². The summed E-state index contributed by atoms with van der Waals surface area (Å²) in [5.41, 5.74) is 2.98. The zero-order valence-electron chi connectivity index (χ0n) is 14.8. The summed E-state index contributed by atoms with van der Waals surface area (Å²) < 4.78 is 7.84. The quantitative estimate of drug-likeness (QED) is 0.526. The fraction of sp³-hybridized carbons (Fsp3) is 0.0526.